The molecule has 0 bridgehead atoms. The molecule has 0 spiro atoms. The number of rotatable bonds is 9. The summed E-state index contributed by atoms with van der Waals surface area (Å²) in [5.74, 6) is 1.17. The number of carbonyl (C=O) groups is 2. The molecule has 0 radical (unpaired) electrons. The van der Waals surface area contributed by atoms with Gasteiger partial charge in [-0.05, 0) is 51.1 Å². The van der Waals surface area contributed by atoms with Crippen LogP contribution < -0.4 is 19.7 Å². The van der Waals surface area contributed by atoms with Crippen LogP contribution in [0.4, 0.5) is 5.69 Å². The van der Waals surface area contributed by atoms with Crippen LogP contribution in [0.1, 0.15) is 36.7 Å². The molecule has 0 aliphatic rings. The first-order valence-electron chi connectivity index (χ1n) is 9.40. The van der Waals surface area contributed by atoms with Crippen molar-refractivity contribution in [3.63, 3.8) is 0 Å². The zero-order valence-electron chi connectivity index (χ0n) is 17.2. The van der Waals surface area contributed by atoms with Crippen LogP contribution in [0.25, 0.3) is 0 Å². The van der Waals surface area contributed by atoms with Crippen molar-refractivity contribution in [2.24, 2.45) is 0 Å². The molecule has 1 unspecified atom stereocenters. The van der Waals surface area contributed by atoms with Crippen LogP contribution >= 0.6 is 0 Å². The van der Waals surface area contributed by atoms with Gasteiger partial charge >= 0.3 is 0 Å². The zero-order valence-corrected chi connectivity index (χ0v) is 17.2. The molecule has 0 heterocycles. The maximum Gasteiger partial charge on any atom is 0.282 e. The highest BCUT2D eigenvalue weighted by molar-refractivity contribution is 6.04. The van der Waals surface area contributed by atoms with E-state index in [1.807, 2.05) is 39.1 Å². The molecule has 0 aliphatic carbocycles. The van der Waals surface area contributed by atoms with Gasteiger partial charge < -0.3 is 19.7 Å². The van der Waals surface area contributed by atoms with Crippen LogP contribution in [0, 0.1) is 0 Å². The van der Waals surface area contributed by atoms with Gasteiger partial charge in [0.15, 0.2) is 23.3 Å². The summed E-state index contributed by atoms with van der Waals surface area (Å²) < 4.78 is 10.9. The summed E-state index contributed by atoms with van der Waals surface area (Å²) in [6.45, 7) is 6.50. The third-order valence-electron chi connectivity index (χ3n) is 4.71. The van der Waals surface area contributed by atoms with Gasteiger partial charge in [0.1, 0.15) is 6.54 Å². The number of benzene rings is 2. The molecule has 0 aromatic heterocycles. The number of ketones is 1. The van der Waals surface area contributed by atoms with Gasteiger partial charge in [-0.1, -0.05) is 12.1 Å². The Kier molecular flexibility index (Phi) is 7.58. The van der Waals surface area contributed by atoms with Gasteiger partial charge in [-0.3, -0.25) is 9.59 Å². The summed E-state index contributed by atoms with van der Waals surface area (Å²) in [5, 5.41) is 2.88. The van der Waals surface area contributed by atoms with Crippen molar-refractivity contribution < 1.29 is 24.0 Å². The second-order valence-corrected chi connectivity index (χ2v) is 6.75. The van der Waals surface area contributed by atoms with Crippen molar-refractivity contribution in [1.29, 1.82) is 0 Å². The lowest BCUT2D eigenvalue weighted by molar-refractivity contribution is -0.907. The predicted octanol–water partition coefficient (Wildman–Crippen LogP) is 2.34. The highest BCUT2D eigenvalue weighted by Crippen LogP contribution is 2.27. The summed E-state index contributed by atoms with van der Waals surface area (Å²) >= 11 is 0. The molecule has 6 heteroatoms. The zero-order chi connectivity index (χ0) is 20.7. The van der Waals surface area contributed by atoms with Crippen molar-refractivity contribution in [2.45, 2.75) is 33.4 Å². The monoisotopic (exact) mass is 385 g/mol. The summed E-state index contributed by atoms with van der Waals surface area (Å²) in [5.41, 5.74) is 2.10. The minimum absolute atomic E-state index is 0.0780. The van der Waals surface area contributed by atoms with Crippen LogP contribution in [0.3, 0.4) is 0 Å². The van der Waals surface area contributed by atoms with Crippen molar-refractivity contribution >= 4 is 17.4 Å². The Balaban J connectivity index is 2.07. The van der Waals surface area contributed by atoms with E-state index in [0.717, 1.165) is 10.5 Å². The van der Waals surface area contributed by atoms with Gasteiger partial charge in [0, 0.05) is 11.1 Å². The maximum absolute atomic E-state index is 12.7. The van der Waals surface area contributed by atoms with Crippen LogP contribution in [0.5, 0.6) is 11.5 Å². The fraction of sp³-hybridized carbons (Fsp3) is 0.364. The Hall–Kier alpha value is -2.86. The second kappa shape index (κ2) is 9.90. The topological polar surface area (TPSA) is 69.1 Å². The molecule has 0 aliphatic heterocycles. The molecule has 6 nitrogen and oxygen atoms in total. The Morgan fingerprint density at radius 1 is 1.14 bits per heavy atom. The smallest absolute Gasteiger partial charge is 0.282 e. The lowest BCUT2D eigenvalue weighted by Gasteiger charge is -2.22. The average Bonchev–Trinajstić information content (AvgIpc) is 2.68. The number of likely N-dealkylation sites (N-methyl/N-ethyl adjacent to an activating group) is 1. The standard InChI is InChI=1S/C22H28N2O4/c1-6-28-20-12-11-17(13-21(20)27-5)14-24(4)15(2)22(26)23-19-10-8-7-9-18(19)16(3)25/h7-13,15H,6,14H2,1-5H3,(H,23,26)/p+1/t15-/m0/s1. The van der Waals surface area contributed by atoms with E-state index in [9.17, 15) is 9.59 Å². The molecule has 2 aromatic carbocycles. The van der Waals surface area contributed by atoms with E-state index in [0.29, 0.717) is 35.9 Å². The molecule has 2 aromatic rings. The minimum atomic E-state index is -0.308. The van der Waals surface area contributed by atoms with E-state index in [1.54, 1.807) is 31.4 Å². The van der Waals surface area contributed by atoms with Crippen LogP contribution in [0.15, 0.2) is 42.5 Å². The number of hydrogen-bond donors (Lipinski definition) is 2. The normalized spacial score (nSPS) is 12.8. The van der Waals surface area contributed by atoms with E-state index in [-0.39, 0.29) is 17.7 Å². The number of carbonyl (C=O) groups excluding carboxylic acids is 2. The molecular weight excluding hydrogens is 356 g/mol. The predicted molar refractivity (Wildman–Crippen MR) is 109 cm³/mol. The van der Waals surface area contributed by atoms with Crippen LogP contribution in [0.2, 0.25) is 0 Å². The molecule has 2 atom stereocenters. The number of ether oxygens (including phenoxy) is 2. The molecule has 2 N–H and O–H groups in total. The molecule has 1 amide bonds. The second-order valence-electron chi connectivity index (χ2n) is 6.75. The number of Topliss-reactive ketones (excluding diaryl/α,β-unsaturated/α-hetero) is 1. The van der Waals surface area contributed by atoms with Gasteiger partial charge in [0.05, 0.1) is 26.5 Å². The van der Waals surface area contributed by atoms with E-state index in [1.165, 1.54) is 6.92 Å². The Bertz CT molecular complexity index is 835. The summed E-state index contributed by atoms with van der Waals surface area (Å²) in [6.07, 6.45) is 0. The van der Waals surface area contributed by atoms with Crippen LogP contribution in [-0.2, 0) is 11.3 Å². The van der Waals surface area contributed by atoms with Gasteiger partial charge in [0.25, 0.3) is 5.91 Å². The molecular formula is C22H29N2O4+. The number of para-hydroxylation sites is 1. The molecule has 0 fully saturated rings. The molecule has 150 valence electrons. The first kappa shape index (κ1) is 21.4. The van der Waals surface area contributed by atoms with Crippen molar-refractivity contribution in [2.75, 3.05) is 26.1 Å². The summed E-state index contributed by atoms with van der Waals surface area (Å²) in [4.78, 5) is 25.5. The highest BCUT2D eigenvalue weighted by Gasteiger charge is 2.23. The first-order valence-corrected chi connectivity index (χ1v) is 9.40. The molecule has 2 rings (SSSR count). The number of amides is 1. The van der Waals surface area contributed by atoms with E-state index in [4.69, 9.17) is 9.47 Å². The van der Waals surface area contributed by atoms with Crippen molar-refractivity contribution in [1.82, 2.24) is 0 Å². The fourth-order valence-electron chi connectivity index (χ4n) is 2.94. The summed E-state index contributed by atoms with van der Waals surface area (Å²) in [7, 11) is 3.57. The van der Waals surface area contributed by atoms with E-state index in [2.05, 4.69) is 5.32 Å². The Morgan fingerprint density at radius 3 is 2.50 bits per heavy atom. The number of methoxy groups -OCH3 is 1. The highest BCUT2D eigenvalue weighted by atomic mass is 16.5. The van der Waals surface area contributed by atoms with Crippen molar-refractivity contribution in [3.8, 4) is 11.5 Å². The number of nitrogens with one attached hydrogen (secondary N) is 2. The quantitative estimate of drug-likeness (QED) is 0.650. The van der Waals surface area contributed by atoms with Crippen LogP contribution in [-0.4, -0.2) is 38.5 Å². The third-order valence-corrected chi connectivity index (χ3v) is 4.71. The third kappa shape index (κ3) is 5.33. The number of anilines is 1. The van der Waals surface area contributed by atoms with E-state index < -0.39 is 0 Å². The molecule has 0 saturated heterocycles. The minimum Gasteiger partial charge on any atom is -0.493 e. The van der Waals surface area contributed by atoms with Gasteiger partial charge in [-0.2, -0.15) is 0 Å². The summed E-state index contributed by atoms with van der Waals surface area (Å²) in [6, 6.07) is 12.5. The van der Waals surface area contributed by atoms with E-state index >= 15 is 0 Å². The fourth-order valence-corrected chi connectivity index (χ4v) is 2.94. The SMILES string of the molecule is CCOc1ccc(C[NH+](C)[C@@H](C)C(=O)Nc2ccccc2C(C)=O)cc1OC. The number of hydrogen-bond acceptors (Lipinski definition) is 4. The molecule has 28 heavy (non-hydrogen) atoms. The lowest BCUT2D eigenvalue weighted by atomic mass is 10.1. The number of quaternary nitrogens is 1. The molecule has 0 saturated carbocycles. The first-order chi connectivity index (χ1) is 13.4. The van der Waals surface area contributed by atoms with Gasteiger partial charge in [-0.25, -0.2) is 0 Å². The maximum atomic E-state index is 12.7. The lowest BCUT2D eigenvalue weighted by Crippen LogP contribution is -3.12. The van der Waals surface area contributed by atoms with Gasteiger partial charge in [-0.15, -0.1) is 0 Å². The van der Waals surface area contributed by atoms with Crippen molar-refractivity contribution in [3.05, 3.63) is 53.6 Å². The van der Waals surface area contributed by atoms with Gasteiger partial charge in [0.2, 0.25) is 0 Å². The Morgan fingerprint density at radius 2 is 1.86 bits per heavy atom. The average molecular weight is 385 g/mol. The Labute approximate surface area is 166 Å². The largest absolute Gasteiger partial charge is 0.493 e.